The van der Waals surface area contributed by atoms with E-state index in [2.05, 4.69) is 0 Å². The molecule has 0 unspecified atom stereocenters. The molecule has 1 aromatic carbocycles. The molecule has 100 valence electrons. The summed E-state index contributed by atoms with van der Waals surface area (Å²) in [5.74, 6) is -0.450. The molecule has 5 nitrogen and oxygen atoms in total. The summed E-state index contributed by atoms with van der Waals surface area (Å²) in [6.07, 6.45) is 0.333. The molecule has 0 saturated carbocycles. The Kier molecular flexibility index (Phi) is 2.78. The second-order valence-electron chi connectivity index (χ2n) is 4.86. The lowest BCUT2D eigenvalue weighted by atomic mass is 9.98. The van der Waals surface area contributed by atoms with E-state index in [4.69, 9.17) is 9.47 Å². The number of nitrogens with zero attached hydrogens (tertiary/aromatic N) is 1. The molecule has 0 spiro atoms. The number of hydrogen-bond donors (Lipinski definition) is 0. The zero-order valence-corrected chi connectivity index (χ0v) is 10.7. The van der Waals surface area contributed by atoms with Crippen LogP contribution < -0.4 is 0 Å². The minimum atomic E-state index is -0.938. The summed E-state index contributed by atoms with van der Waals surface area (Å²) < 4.78 is 10.6. The fraction of sp³-hybridized carbons (Fsp3) is 0.429. The standard InChI is InChI=1S/C14H15NO4/c1-18-13(17)14-8-7-11(16)15(14)12(19-9-14)10-5-3-2-4-6-10/h2-6,12H,7-9H2,1H3/t12-,14+/m0/s1. The lowest BCUT2D eigenvalue weighted by Gasteiger charge is -2.30. The van der Waals surface area contributed by atoms with Gasteiger partial charge in [-0.05, 0) is 6.42 Å². The van der Waals surface area contributed by atoms with Gasteiger partial charge in [-0.15, -0.1) is 0 Å². The van der Waals surface area contributed by atoms with E-state index in [0.29, 0.717) is 12.8 Å². The number of rotatable bonds is 2. The van der Waals surface area contributed by atoms with E-state index in [0.717, 1.165) is 5.56 Å². The summed E-state index contributed by atoms with van der Waals surface area (Å²) in [5, 5.41) is 0. The van der Waals surface area contributed by atoms with E-state index < -0.39 is 17.7 Å². The van der Waals surface area contributed by atoms with Gasteiger partial charge in [0.25, 0.3) is 0 Å². The van der Waals surface area contributed by atoms with Gasteiger partial charge >= 0.3 is 5.97 Å². The highest BCUT2D eigenvalue weighted by Crippen LogP contribution is 2.45. The molecule has 0 bridgehead atoms. The molecule has 5 heteroatoms. The molecule has 2 aliphatic heterocycles. The van der Waals surface area contributed by atoms with Gasteiger partial charge in [0.1, 0.15) is 0 Å². The highest BCUT2D eigenvalue weighted by molar-refractivity contribution is 5.92. The van der Waals surface area contributed by atoms with Crippen molar-refractivity contribution in [2.75, 3.05) is 13.7 Å². The van der Waals surface area contributed by atoms with Gasteiger partial charge in [-0.25, -0.2) is 4.79 Å². The number of methoxy groups -OCH3 is 1. The smallest absolute Gasteiger partial charge is 0.334 e. The molecule has 0 aliphatic carbocycles. The number of benzene rings is 1. The minimum Gasteiger partial charge on any atom is -0.467 e. The topological polar surface area (TPSA) is 55.8 Å². The van der Waals surface area contributed by atoms with Crippen LogP contribution in [0.3, 0.4) is 0 Å². The quantitative estimate of drug-likeness (QED) is 0.752. The maximum absolute atomic E-state index is 12.1. The Balaban J connectivity index is 1.99. The molecule has 3 rings (SSSR count). The first kappa shape index (κ1) is 12.2. The van der Waals surface area contributed by atoms with E-state index in [-0.39, 0.29) is 12.5 Å². The maximum Gasteiger partial charge on any atom is 0.334 e. The van der Waals surface area contributed by atoms with E-state index >= 15 is 0 Å². The van der Waals surface area contributed by atoms with Crippen LogP contribution in [0.1, 0.15) is 24.6 Å². The van der Waals surface area contributed by atoms with Crippen LogP contribution in [0, 0.1) is 0 Å². The SMILES string of the molecule is COC(=O)[C@]12CCC(=O)N1[C@H](c1ccccc1)OC2. The van der Waals surface area contributed by atoms with E-state index in [1.807, 2.05) is 30.3 Å². The first-order chi connectivity index (χ1) is 9.19. The zero-order valence-electron chi connectivity index (χ0n) is 10.7. The number of carbonyl (C=O) groups is 2. The van der Waals surface area contributed by atoms with Crippen molar-refractivity contribution in [2.45, 2.75) is 24.6 Å². The van der Waals surface area contributed by atoms with E-state index in [1.165, 1.54) is 7.11 Å². The third kappa shape index (κ3) is 1.65. The molecular formula is C14H15NO4. The molecule has 0 N–H and O–H groups in total. The molecule has 2 atom stereocenters. The fourth-order valence-electron chi connectivity index (χ4n) is 2.89. The predicted molar refractivity (Wildman–Crippen MR) is 66.0 cm³/mol. The Morgan fingerprint density at radius 2 is 2.16 bits per heavy atom. The van der Waals surface area contributed by atoms with Crippen LogP contribution in [-0.4, -0.2) is 36.0 Å². The Hall–Kier alpha value is -1.88. The van der Waals surface area contributed by atoms with Crippen molar-refractivity contribution < 1.29 is 19.1 Å². The normalized spacial score (nSPS) is 29.4. The van der Waals surface area contributed by atoms with Gasteiger partial charge in [0, 0.05) is 12.0 Å². The molecule has 2 heterocycles. The largest absolute Gasteiger partial charge is 0.467 e. The first-order valence-electron chi connectivity index (χ1n) is 6.26. The van der Waals surface area contributed by atoms with E-state index in [9.17, 15) is 9.59 Å². The van der Waals surface area contributed by atoms with Gasteiger partial charge < -0.3 is 9.47 Å². The highest BCUT2D eigenvalue weighted by atomic mass is 16.5. The van der Waals surface area contributed by atoms with Gasteiger partial charge in [-0.2, -0.15) is 0 Å². The van der Waals surface area contributed by atoms with Crippen molar-refractivity contribution in [1.29, 1.82) is 0 Å². The molecule has 2 aliphatic rings. The number of carbonyl (C=O) groups excluding carboxylic acids is 2. The monoisotopic (exact) mass is 261 g/mol. The summed E-state index contributed by atoms with van der Waals surface area (Å²) in [4.78, 5) is 25.7. The van der Waals surface area contributed by atoms with Crippen molar-refractivity contribution in [2.24, 2.45) is 0 Å². The second-order valence-corrected chi connectivity index (χ2v) is 4.86. The summed E-state index contributed by atoms with van der Waals surface area (Å²) in [7, 11) is 1.34. The average Bonchev–Trinajstić information content (AvgIpc) is 2.99. The van der Waals surface area contributed by atoms with Crippen LogP contribution in [0.15, 0.2) is 30.3 Å². The van der Waals surface area contributed by atoms with Crippen LogP contribution in [0.2, 0.25) is 0 Å². The fourth-order valence-corrected chi connectivity index (χ4v) is 2.89. The zero-order chi connectivity index (χ0) is 13.5. The molecule has 2 saturated heterocycles. The first-order valence-corrected chi connectivity index (χ1v) is 6.26. The molecule has 0 radical (unpaired) electrons. The second kappa shape index (κ2) is 4.35. The van der Waals surface area contributed by atoms with Crippen LogP contribution in [0.25, 0.3) is 0 Å². The van der Waals surface area contributed by atoms with Crippen molar-refractivity contribution in [3.8, 4) is 0 Å². The maximum atomic E-state index is 12.1. The van der Waals surface area contributed by atoms with Gasteiger partial charge in [0.2, 0.25) is 5.91 Å². The molecule has 1 aromatic rings. The highest BCUT2D eigenvalue weighted by Gasteiger charge is 2.59. The van der Waals surface area contributed by atoms with Crippen molar-refractivity contribution in [3.63, 3.8) is 0 Å². The molecular weight excluding hydrogens is 246 g/mol. The molecule has 1 amide bonds. The Bertz CT molecular complexity index is 515. The van der Waals surface area contributed by atoms with Crippen LogP contribution in [0.4, 0.5) is 0 Å². The summed E-state index contributed by atoms with van der Waals surface area (Å²) in [6.45, 7) is 0.199. The minimum absolute atomic E-state index is 0.0586. The lowest BCUT2D eigenvalue weighted by molar-refractivity contribution is -0.155. The summed E-state index contributed by atoms with van der Waals surface area (Å²) >= 11 is 0. The molecule has 19 heavy (non-hydrogen) atoms. The van der Waals surface area contributed by atoms with Gasteiger partial charge in [-0.1, -0.05) is 30.3 Å². The van der Waals surface area contributed by atoms with Gasteiger partial charge in [0.05, 0.1) is 13.7 Å². The number of hydrogen-bond acceptors (Lipinski definition) is 4. The Morgan fingerprint density at radius 1 is 1.42 bits per heavy atom. The van der Waals surface area contributed by atoms with Crippen molar-refractivity contribution in [1.82, 2.24) is 4.90 Å². The average molecular weight is 261 g/mol. The van der Waals surface area contributed by atoms with Crippen molar-refractivity contribution >= 4 is 11.9 Å². The number of amides is 1. The summed E-state index contributed by atoms with van der Waals surface area (Å²) in [5.41, 5.74) is -0.0599. The lowest BCUT2D eigenvalue weighted by Crippen LogP contribution is -2.50. The van der Waals surface area contributed by atoms with Gasteiger partial charge in [-0.3, -0.25) is 9.69 Å². The molecule has 0 aromatic heterocycles. The molecule has 2 fully saturated rings. The summed E-state index contributed by atoms with van der Waals surface area (Å²) in [6, 6.07) is 9.46. The number of fused-ring (bicyclic) bond motifs is 1. The Labute approximate surface area is 111 Å². The number of esters is 1. The van der Waals surface area contributed by atoms with Crippen LogP contribution in [0.5, 0.6) is 0 Å². The Morgan fingerprint density at radius 3 is 2.84 bits per heavy atom. The van der Waals surface area contributed by atoms with Crippen LogP contribution >= 0.6 is 0 Å². The van der Waals surface area contributed by atoms with Crippen molar-refractivity contribution in [3.05, 3.63) is 35.9 Å². The van der Waals surface area contributed by atoms with E-state index in [1.54, 1.807) is 4.90 Å². The number of ether oxygens (including phenoxy) is 2. The van der Waals surface area contributed by atoms with Crippen LogP contribution in [-0.2, 0) is 19.1 Å². The third-order valence-corrected chi connectivity index (χ3v) is 3.85. The predicted octanol–water partition coefficient (Wildman–Crippen LogP) is 1.25. The van der Waals surface area contributed by atoms with Gasteiger partial charge in [0.15, 0.2) is 11.8 Å². The third-order valence-electron chi connectivity index (χ3n) is 3.85.